The maximum absolute atomic E-state index is 12.6. The maximum atomic E-state index is 12.6. The zero-order valence-electron chi connectivity index (χ0n) is 18.9. The number of hydrogen-bond donors (Lipinski definition) is 4. The first-order valence-electron chi connectivity index (χ1n) is 11.9. The quantitative estimate of drug-likeness (QED) is 0.442. The summed E-state index contributed by atoms with van der Waals surface area (Å²) in [6, 6.07) is 12.4. The first-order valence-corrected chi connectivity index (χ1v) is 11.9. The van der Waals surface area contributed by atoms with Crippen LogP contribution in [0.5, 0.6) is 0 Å². The van der Waals surface area contributed by atoms with E-state index in [4.69, 9.17) is 9.72 Å². The highest BCUT2D eigenvalue weighted by Crippen LogP contribution is 2.28. The number of hydrogen-bond acceptors (Lipinski definition) is 7. The van der Waals surface area contributed by atoms with Crippen molar-refractivity contribution >= 4 is 28.1 Å². The zero-order chi connectivity index (χ0) is 22.5. The SMILES string of the molecule is O=c1[nH]ccc2cc(NCCN3CCOCC3)nc(Nc3ccc(C4CCNCC4)cc3)c12. The summed E-state index contributed by atoms with van der Waals surface area (Å²) in [6.45, 7) is 7.38. The molecule has 0 aliphatic carbocycles. The van der Waals surface area contributed by atoms with Crippen molar-refractivity contribution in [3.63, 3.8) is 0 Å². The number of morpholine rings is 1. The predicted octanol–water partition coefficient (Wildman–Crippen LogP) is 2.88. The molecule has 8 nitrogen and oxygen atoms in total. The fourth-order valence-electron chi connectivity index (χ4n) is 4.69. The molecular formula is C25H32N6O2. The molecule has 2 saturated heterocycles. The molecule has 3 aromatic rings. The molecule has 5 rings (SSSR count). The van der Waals surface area contributed by atoms with Gasteiger partial charge in [0.1, 0.15) is 11.6 Å². The van der Waals surface area contributed by atoms with E-state index in [2.05, 4.69) is 50.1 Å². The van der Waals surface area contributed by atoms with Crippen LogP contribution < -0.4 is 21.5 Å². The Balaban J connectivity index is 1.34. The molecule has 0 amide bonds. The minimum Gasteiger partial charge on any atom is -0.379 e. The molecule has 8 heteroatoms. The Labute approximate surface area is 193 Å². The molecule has 0 spiro atoms. The Kier molecular flexibility index (Phi) is 6.85. The number of H-pyrrole nitrogens is 1. The third kappa shape index (κ3) is 5.35. The standard InChI is InChI=1S/C25H32N6O2/c32-25-23-20(7-10-28-25)17-22(27-11-12-31-13-15-33-16-14-31)30-24(23)29-21-3-1-18(2-4-21)19-5-8-26-9-6-19/h1-4,7,10,17,19,26H,5-6,8-9,11-16H2,(H,28,32)(H2,27,29,30). The molecule has 0 radical (unpaired) electrons. The lowest BCUT2D eigenvalue weighted by Gasteiger charge is -2.26. The fourth-order valence-corrected chi connectivity index (χ4v) is 4.69. The van der Waals surface area contributed by atoms with E-state index >= 15 is 0 Å². The number of fused-ring (bicyclic) bond motifs is 1. The lowest BCUT2D eigenvalue weighted by Crippen LogP contribution is -2.39. The van der Waals surface area contributed by atoms with E-state index in [0.29, 0.717) is 17.1 Å². The molecule has 4 heterocycles. The molecule has 2 aliphatic rings. The van der Waals surface area contributed by atoms with Gasteiger partial charge in [0.25, 0.3) is 5.56 Å². The van der Waals surface area contributed by atoms with Crippen molar-refractivity contribution in [1.29, 1.82) is 0 Å². The molecule has 2 aliphatic heterocycles. The molecule has 2 fully saturated rings. The summed E-state index contributed by atoms with van der Waals surface area (Å²) in [5.74, 6) is 1.94. The zero-order valence-corrected chi connectivity index (χ0v) is 18.9. The molecule has 0 saturated carbocycles. The van der Waals surface area contributed by atoms with Gasteiger partial charge in [-0.25, -0.2) is 4.98 Å². The topological polar surface area (TPSA) is 94.3 Å². The van der Waals surface area contributed by atoms with Crippen LogP contribution in [-0.2, 0) is 4.74 Å². The van der Waals surface area contributed by atoms with Gasteiger partial charge in [-0.2, -0.15) is 0 Å². The van der Waals surface area contributed by atoms with E-state index < -0.39 is 0 Å². The number of benzene rings is 1. The van der Waals surface area contributed by atoms with Crippen LogP contribution in [-0.4, -0.2) is 67.4 Å². The van der Waals surface area contributed by atoms with Crippen LogP contribution in [0.25, 0.3) is 10.8 Å². The minimum atomic E-state index is -0.145. The maximum Gasteiger partial charge on any atom is 0.259 e. The van der Waals surface area contributed by atoms with Gasteiger partial charge in [-0.3, -0.25) is 9.69 Å². The second-order valence-corrected chi connectivity index (χ2v) is 8.78. The van der Waals surface area contributed by atoms with Crippen molar-refractivity contribution in [2.45, 2.75) is 18.8 Å². The van der Waals surface area contributed by atoms with E-state index in [1.54, 1.807) is 6.20 Å². The van der Waals surface area contributed by atoms with Gasteiger partial charge in [-0.1, -0.05) is 12.1 Å². The summed E-state index contributed by atoms with van der Waals surface area (Å²) in [6.07, 6.45) is 4.03. The summed E-state index contributed by atoms with van der Waals surface area (Å²) in [7, 11) is 0. The van der Waals surface area contributed by atoms with Crippen LogP contribution in [0.3, 0.4) is 0 Å². The Morgan fingerprint density at radius 1 is 1.09 bits per heavy atom. The van der Waals surface area contributed by atoms with Crippen LogP contribution in [0, 0.1) is 0 Å². The van der Waals surface area contributed by atoms with Gasteiger partial charge < -0.3 is 25.7 Å². The summed E-state index contributed by atoms with van der Waals surface area (Å²) in [4.78, 5) is 22.5. The van der Waals surface area contributed by atoms with E-state index in [-0.39, 0.29) is 5.56 Å². The summed E-state index contributed by atoms with van der Waals surface area (Å²) < 4.78 is 5.42. The molecule has 33 heavy (non-hydrogen) atoms. The Morgan fingerprint density at radius 3 is 2.67 bits per heavy atom. The highest BCUT2D eigenvalue weighted by atomic mass is 16.5. The number of nitrogens with one attached hydrogen (secondary N) is 4. The Hall–Kier alpha value is -2.94. The smallest absolute Gasteiger partial charge is 0.259 e. The number of piperidine rings is 1. The van der Waals surface area contributed by atoms with Gasteiger partial charge in [0, 0.05) is 38.1 Å². The van der Waals surface area contributed by atoms with Crippen LogP contribution in [0.15, 0.2) is 47.4 Å². The predicted molar refractivity (Wildman–Crippen MR) is 133 cm³/mol. The first kappa shape index (κ1) is 21.9. The van der Waals surface area contributed by atoms with Crippen LogP contribution in [0.1, 0.15) is 24.3 Å². The van der Waals surface area contributed by atoms with E-state index in [9.17, 15) is 4.79 Å². The van der Waals surface area contributed by atoms with E-state index in [1.807, 2.05) is 12.1 Å². The monoisotopic (exact) mass is 448 g/mol. The lowest BCUT2D eigenvalue weighted by atomic mass is 9.90. The van der Waals surface area contributed by atoms with Crippen LogP contribution in [0.2, 0.25) is 0 Å². The van der Waals surface area contributed by atoms with E-state index in [1.165, 1.54) is 18.4 Å². The fraction of sp³-hybridized carbons (Fsp3) is 0.440. The number of pyridine rings is 2. The lowest BCUT2D eigenvalue weighted by molar-refractivity contribution is 0.0398. The van der Waals surface area contributed by atoms with Crippen molar-refractivity contribution in [2.75, 3.05) is 63.1 Å². The third-order valence-electron chi connectivity index (χ3n) is 6.58. The van der Waals surface area contributed by atoms with Gasteiger partial charge in [-0.15, -0.1) is 0 Å². The van der Waals surface area contributed by atoms with Crippen LogP contribution >= 0.6 is 0 Å². The highest BCUT2D eigenvalue weighted by Gasteiger charge is 2.16. The van der Waals surface area contributed by atoms with Gasteiger partial charge in [0.15, 0.2) is 0 Å². The Morgan fingerprint density at radius 2 is 1.88 bits per heavy atom. The summed E-state index contributed by atoms with van der Waals surface area (Å²) >= 11 is 0. The number of ether oxygens (including phenoxy) is 1. The molecule has 0 unspecified atom stereocenters. The van der Waals surface area contributed by atoms with Crippen molar-refractivity contribution in [3.8, 4) is 0 Å². The average molecular weight is 449 g/mol. The van der Waals surface area contributed by atoms with Crippen molar-refractivity contribution < 1.29 is 4.74 Å². The second kappa shape index (κ2) is 10.3. The minimum absolute atomic E-state index is 0.145. The van der Waals surface area contributed by atoms with E-state index in [0.717, 1.165) is 69.4 Å². The molecule has 1 aromatic carbocycles. The van der Waals surface area contributed by atoms with Crippen molar-refractivity contribution in [3.05, 3.63) is 58.5 Å². The number of rotatable bonds is 7. The first-order chi connectivity index (χ1) is 16.3. The van der Waals surface area contributed by atoms with Gasteiger partial charge in [0.05, 0.1) is 18.6 Å². The largest absolute Gasteiger partial charge is 0.379 e. The van der Waals surface area contributed by atoms with Gasteiger partial charge in [-0.05, 0) is 67.1 Å². The molecule has 2 aromatic heterocycles. The number of aromatic nitrogens is 2. The summed E-state index contributed by atoms with van der Waals surface area (Å²) in [5, 5.41) is 11.7. The third-order valence-corrected chi connectivity index (χ3v) is 6.58. The number of nitrogens with zero attached hydrogens (tertiary/aromatic N) is 2. The molecular weight excluding hydrogens is 416 g/mol. The number of anilines is 3. The number of aromatic amines is 1. The van der Waals surface area contributed by atoms with Gasteiger partial charge >= 0.3 is 0 Å². The van der Waals surface area contributed by atoms with Gasteiger partial charge in [0.2, 0.25) is 0 Å². The normalized spacial score (nSPS) is 17.8. The molecule has 174 valence electrons. The highest BCUT2D eigenvalue weighted by molar-refractivity contribution is 5.94. The Bertz CT molecular complexity index is 1120. The van der Waals surface area contributed by atoms with Crippen molar-refractivity contribution in [1.82, 2.24) is 20.2 Å². The second-order valence-electron chi connectivity index (χ2n) is 8.78. The molecule has 0 atom stereocenters. The molecule has 4 N–H and O–H groups in total. The van der Waals surface area contributed by atoms with Crippen LogP contribution in [0.4, 0.5) is 17.3 Å². The summed E-state index contributed by atoms with van der Waals surface area (Å²) in [5.41, 5.74) is 2.15. The molecule has 0 bridgehead atoms. The average Bonchev–Trinajstić information content (AvgIpc) is 2.86. The van der Waals surface area contributed by atoms with Crippen molar-refractivity contribution in [2.24, 2.45) is 0 Å².